The fourth-order valence-corrected chi connectivity index (χ4v) is 3.99. The third kappa shape index (κ3) is 5.42. The molecule has 0 saturated heterocycles. The molecule has 8 nitrogen and oxygen atoms in total. The Bertz CT molecular complexity index is 1390. The van der Waals surface area contributed by atoms with Crippen LogP contribution in [0.15, 0.2) is 61.2 Å². The number of nitriles is 1. The smallest absolute Gasteiger partial charge is 0.235 e. The molecule has 4 rings (SSSR count). The Morgan fingerprint density at radius 2 is 1.86 bits per heavy atom. The van der Waals surface area contributed by atoms with Crippen LogP contribution in [-0.2, 0) is 12.0 Å². The average molecular weight is 503 g/mol. The van der Waals surface area contributed by atoms with E-state index in [2.05, 4.69) is 34.9 Å². The number of nitrogen functional groups attached to an aromatic ring is 1. The van der Waals surface area contributed by atoms with Gasteiger partial charge in [-0.2, -0.15) is 5.26 Å². The van der Waals surface area contributed by atoms with Crippen LogP contribution in [0, 0.1) is 11.3 Å². The molecule has 0 amide bonds. The lowest BCUT2D eigenvalue weighted by Crippen LogP contribution is -2.19. The Hall–Kier alpha value is -4.09. The van der Waals surface area contributed by atoms with E-state index in [1.807, 2.05) is 43.3 Å². The van der Waals surface area contributed by atoms with Crippen LogP contribution >= 0.6 is 11.6 Å². The largest absolute Gasteiger partial charge is 0.491 e. The summed E-state index contributed by atoms with van der Waals surface area (Å²) < 4.78 is 13.3. The second kappa shape index (κ2) is 10.7. The number of imidazole rings is 1. The summed E-state index contributed by atoms with van der Waals surface area (Å²) >= 11 is 6.50. The SMILES string of the molecule is CCCOc1c(Cl)cc(C(C)(C)c2ccc(OCc3ccnc(-n4cnc(N)c4)n3)cc2)cc1C#N. The first-order valence-electron chi connectivity index (χ1n) is 11.5. The van der Waals surface area contributed by atoms with Crippen LogP contribution in [0.1, 0.15) is 49.6 Å². The number of rotatable bonds is 9. The van der Waals surface area contributed by atoms with Crippen molar-refractivity contribution in [3.05, 3.63) is 88.6 Å². The van der Waals surface area contributed by atoms with Crippen LogP contribution < -0.4 is 15.2 Å². The monoisotopic (exact) mass is 502 g/mol. The molecule has 2 aromatic carbocycles. The Morgan fingerprint density at radius 1 is 1.08 bits per heavy atom. The minimum Gasteiger partial charge on any atom is -0.491 e. The van der Waals surface area contributed by atoms with Gasteiger partial charge in [0.15, 0.2) is 5.75 Å². The standard InChI is InChI=1S/C27H27ClN6O2/c1-4-11-35-25-18(14-29)12-20(13-23(25)28)27(2,3)19-5-7-22(8-6-19)36-16-21-9-10-31-26(33-21)34-15-24(30)32-17-34/h5-10,12-13,15,17H,4,11,16,30H2,1-3H3. The molecule has 184 valence electrons. The van der Waals surface area contributed by atoms with Crippen molar-refractivity contribution in [1.82, 2.24) is 19.5 Å². The molecule has 4 aromatic rings. The fourth-order valence-electron chi connectivity index (χ4n) is 3.72. The molecule has 2 N–H and O–H groups in total. The molecule has 0 saturated carbocycles. The van der Waals surface area contributed by atoms with E-state index < -0.39 is 5.41 Å². The van der Waals surface area contributed by atoms with Gasteiger partial charge in [-0.05, 0) is 47.9 Å². The minimum absolute atomic E-state index is 0.281. The van der Waals surface area contributed by atoms with Crippen molar-refractivity contribution >= 4 is 17.4 Å². The van der Waals surface area contributed by atoms with E-state index >= 15 is 0 Å². The molecule has 0 atom stereocenters. The first-order valence-corrected chi connectivity index (χ1v) is 11.9. The number of halogens is 1. The van der Waals surface area contributed by atoms with E-state index in [0.717, 1.165) is 23.2 Å². The van der Waals surface area contributed by atoms with Crippen molar-refractivity contribution in [3.8, 4) is 23.5 Å². The van der Waals surface area contributed by atoms with Crippen molar-refractivity contribution in [3.63, 3.8) is 0 Å². The number of hydrogen-bond donors (Lipinski definition) is 1. The predicted octanol–water partition coefficient (Wildman–Crippen LogP) is 5.46. The molecule has 0 aliphatic heterocycles. The zero-order valence-electron chi connectivity index (χ0n) is 20.4. The summed E-state index contributed by atoms with van der Waals surface area (Å²) in [6.45, 7) is 6.98. The maximum absolute atomic E-state index is 9.65. The first kappa shape index (κ1) is 25.0. The lowest BCUT2D eigenvalue weighted by Gasteiger charge is -2.27. The van der Waals surface area contributed by atoms with Crippen LogP contribution in [-0.4, -0.2) is 26.1 Å². The van der Waals surface area contributed by atoms with Crippen molar-refractivity contribution in [2.45, 2.75) is 39.2 Å². The summed E-state index contributed by atoms with van der Waals surface area (Å²) in [6, 6.07) is 15.6. The number of hydrogen-bond acceptors (Lipinski definition) is 7. The van der Waals surface area contributed by atoms with Crippen LogP contribution in [0.2, 0.25) is 5.02 Å². The van der Waals surface area contributed by atoms with Crippen molar-refractivity contribution in [2.75, 3.05) is 12.3 Å². The zero-order chi connectivity index (χ0) is 25.7. The van der Waals surface area contributed by atoms with Gasteiger partial charge in [-0.3, -0.25) is 4.57 Å². The molecule has 0 radical (unpaired) electrons. The molecule has 0 spiro atoms. The van der Waals surface area contributed by atoms with Gasteiger partial charge in [0.25, 0.3) is 0 Å². The van der Waals surface area contributed by atoms with Gasteiger partial charge >= 0.3 is 0 Å². The second-order valence-corrected chi connectivity index (χ2v) is 9.19. The van der Waals surface area contributed by atoms with Crippen molar-refractivity contribution in [1.29, 1.82) is 5.26 Å². The summed E-state index contributed by atoms with van der Waals surface area (Å²) in [7, 11) is 0. The maximum Gasteiger partial charge on any atom is 0.235 e. The summed E-state index contributed by atoms with van der Waals surface area (Å²) in [4.78, 5) is 12.7. The third-order valence-corrected chi connectivity index (χ3v) is 6.11. The Labute approximate surface area is 215 Å². The number of nitrogens with zero attached hydrogens (tertiary/aromatic N) is 5. The summed E-state index contributed by atoms with van der Waals surface area (Å²) in [5.41, 5.74) is 8.41. The van der Waals surface area contributed by atoms with Gasteiger partial charge in [0, 0.05) is 11.6 Å². The van der Waals surface area contributed by atoms with E-state index in [-0.39, 0.29) is 6.61 Å². The summed E-state index contributed by atoms with van der Waals surface area (Å²) in [5.74, 6) is 2.02. The molecular formula is C27H27ClN6O2. The average Bonchev–Trinajstić information content (AvgIpc) is 3.33. The van der Waals surface area contributed by atoms with Crippen LogP contribution in [0.3, 0.4) is 0 Å². The van der Waals surface area contributed by atoms with Gasteiger partial charge in [0.1, 0.15) is 30.6 Å². The van der Waals surface area contributed by atoms with Gasteiger partial charge in [0.05, 0.1) is 29.1 Å². The third-order valence-electron chi connectivity index (χ3n) is 5.83. The highest BCUT2D eigenvalue weighted by molar-refractivity contribution is 6.32. The number of aromatic nitrogens is 4. The Morgan fingerprint density at radius 3 is 2.53 bits per heavy atom. The first-order chi connectivity index (χ1) is 17.3. The highest BCUT2D eigenvalue weighted by atomic mass is 35.5. The normalized spacial score (nSPS) is 11.2. The maximum atomic E-state index is 9.65. The predicted molar refractivity (Wildman–Crippen MR) is 138 cm³/mol. The Kier molecular flexibility index (Phi) is 7.41. The van der Waals surface area contributed by atoms with Gasteiger partial charge in [0.2, 0.25) is 5.95 Å². The minimum atomic E-state index is -0.398. The lowest BCUT2D eigenvalue weighted by molar-refractivity contribution is 0.300. The topological polar surface area (TPSA) is 112 Å². The fraction of sp³-hybridized carbons (Fsp3) is 0.259. The molecule has 0 aliphatic rings. The second-order valence-electron chi connectivity index (χ2n) is 8.79. The van der Waals surface area contributed by atoms with Crippen LogP contribution in [0.5, 0.6) is 11.5 Å². The molecule has 2 heterocycles. The molecule has 2 aromatic heterocycles. The van der Waals surface area contributed by atoms with E-state index in [9.17, 15) is 5.26 Å². The highest BCUT2D eigenvalue weighted by Crippen LogP contribution is 2.38. The van der Waals surface area contributed by atoms with Crippen molar-refractivity contribution in [2.24, 2.45) is 0 Å². The molecule has 0 unspecified atom stereocenters. The number of ether oxygens (including phenoxy) is 2. The molecular weight excluding hydrogens is 476 g/mol. The van der Waals surface area contributed by atoms with Gasteiger partial charge in [-0.15, -0.1) is 0 Å². The zero-order valence-corrected chi connectivity index (χ0v) is 21.2. The van der Waals surface area contributed by atoms with Crippen molar-refractivity contribution < 1.29 is 9.47 Å². The lowest BCUT2D eigenvalue weighted by atomic mass is 9.77. The van der Waals surface area contributed by atoms with Gasteiger partial charge in [-0.25, -0.2) is 15.0 Å². The molecule has 9 heteroatoms. The van der Waals surface area contributed by atoms with Gasteiger partial charge < -0.3 is 15.2 Å². The van der Waals surface area contributed by atoms with E-state index in [4.69, 9.17) is 26.8 Å². The van der Waals surface area contributed by atoms with Crippen LogP contribution in [0.25, 0.3) is 5.95 Å². The number of nitrogens with two attached hydrogens (primary N) is 1. The highest BCUT2D eigenvalue weighted by Gasteiger charge is 2.26. The van der Waals surface area contributed by atoms with Crippen LogP contribution in [0.4, 0.5) is 5.82 Å². The molecule has 0 fully saturated rings. The molecule has 36 heavy (non-hydrogen) atoms. The van der Waals surface area contributed by atoms with E-state index in [1.165, 1.54) is 0 Å². The molecule has 0 bridgehead atoms. The molecule has 0 aliphatic carbocycles. The quantitative estimate of drug-likeness (QED) is 0.323. The number of anilines is 1. The Balaban J connectivity index is 1.48. The number of benzene rings is 2. The van der Waals surface area contributed by atoms with E-state index in [1.54, 1.807) is 29.4 Å². The summed E-state index contributed by atoms with van der Waals surface area (Å²) in [6.07, 6.45) is 5.72. The summed E-state index contributed by atoms with van der Waals surface area (Å²) in [5, 5.41) is 10.1. The van der Waals surface area contributed by atoms with E-state index in [0.29, 0.717) is 40.5 Å². The van der Waals surface area contributed by atoms with Gasteiger partial charge in [-0.1, -0.05) is 44.5 Å².